The lowest BCUT2D eigenvalue weighted by atomic mass is 9.99. The second-order valence-electron chi connectivity index (χ2n) is 21.6. The SMILES string of the molecule is CC(C)C[C@H](NC(=O)[C@@H](NC(=O)CNC(=O)c1ccccc1)C(C)C)C(=O)N[C@@H](CCCCNC(=O)C[C@H](NC(=O)OCc1ccccc1)C(=O)O)C(=O)N[C@@H](CCC(=O)O)C(=O)N[C@@H](Cc1ccc(O)cc1)C(=O)NCC(=O)N[C@H](C(N)=O)C(C)C. The summed E-state index contributed by atoms with van der Waals surface area (Å²) in [6, 6.07) is 11.9. The molecule has 474 valence electrons. The van der Waals surface area contributed by atoms with Gasteiger partial charge < -0.3 is 79.0 Å². The Morgan fingerprint density at radius 1 is 0.506 bits per heavy atom. The zero-order chi connectivity index (χ0) is 64.8. The number of nitrogens with two attached hydrogens (primary N) is 1. The van der Waals surface area contributed by atoms with Gasteiger partial charge in [-0.1, -0.05) is 102 Å². The molecule has 0 aliphatic rings. The number of carbonyl (C=O) groups excluding carboxylic acids is 11. The molecule has 3 rings (SSSR count). The van der Waals surface area contributed by atoms with Crippen LogP contribution < -0.4 is 58.9 Å². The highest BCUT2D eigenvalue weighted by atomic mass is 16.5. The molecule has 11 amide bonds. The van der Waals surface area contributed by atoms with Crippen molar-refractivity contribution in [3.63, 3.8) is 0 Å². The van der Waals surface area contributed by atoms with E-state index in [1.807, 2.05) is 0 Å². The van der Waals surface area contributed by atoms with Gasteiger partial charge in [0.1, 0.15) is 54.6 Å². The fourth-order valence-electron chi connectivity index (χ4n) is 8.42. The van der Waals surface area contributed by atoms with Crippen molar-refractivity contribution in [2.75, 3.05) is 19.6 Å². The number of carbonyl (C=O) groups is 13. The van der Waals surface area contributed by atoms with Crippen molar-refractivity contribution in [1.82, 2.24) is 53.2 Å². The fourth-order valence-corrected chi connectivity index (χ4v) is 8.42. The van der Waals surface area contributed by atoms with Crippen molar-refractivity contribution in [1.29, 1.82) is 0 Å². The van der Waals surface area contributed by atoms with Gasteiger partial charge in [-0.15, -0.1) is 0 Å². The van der Waals surface area contributed by atoms with E-state index in [1.54, 1.807) is 102 Å². The number of phenols is 1. The molecule has 0 heterocycles. The third-order valence-electron chi connectivity index (χ3n) is 13.1. The molecule has 3 aromatic carbocycles. The van der Waals surface area contributed by atoms with Gasteiger partial charge >= 0.3 is 18.0 Å². The number of aliphatic carboxylic acids is 2. The van der Waals surface area contributed by atoms with Gasteiger partial charge in [0, 0.05) is 24.9 Å². The average molecular weight is 1220 g/mol. The number of unbranched alkanes of at least 4 members (excludes halogenated alkanes) is 1. The minimum Gasteiger partial charge on any atom is -0.508 e. The number of rotatable bonds is 37. The second kappa shape index (κ2) is 36.9. The number of benzene rings is 3. The summed E-state index contributed by atoms with van der Waals surface area (Å²) < 4.78 is 5.08. The van der Waals surface area contributed by atoms with Crippen LogP contribution in [0.1, 0.15) is 108 Å². The molecule has 0 spiro atoms. The number of carboxylic acid groups (broad SMARTS) is 2. The van der Waals surface area contributed by atoms with Gasteiger partial charge in [0.2, 0.25) is 53.2 Å². The van der Waals surface area contributed by atoms with Crippen LogP contribution in [0.4, 0.5) is 4.79 Å². The van der Waals surface area contributed by atoms with Crippen molar-refractivity contribution < 1.29 is 82.4 Å². The summed E-state index contributed by atoms with van der Waals surface area (Å²) in [6.45, 7) is 8.55. The maximum Gasteiger partial charge on any atom is 0.408 e. The lowest BCUT2D eigenvalue weighted by Gasteiger charge is -2.28. The molecule has 28 nitrogen and oxygen atoms in total. The predicted molar refractivity (Wildman–Crippen MR) is 313 cm³/mol. The van der Waals surface area contributed by atoms with Gasteiger partial charge in [0.25, 0.3) is 5.91 Å². The van der Waals surface area contributed by atoms with Crippen molar-refractivity contribution in [3.8, 4) is 5.75 Å². The quantitative estimate of drug-likeness (QED) is 0.0342. The van der Waals surface area contributed by atoms with Gasteiger partial charge in [-0.05, 0) is 85.3 Å². The number of phenolic OH excluding ortho intramolecular Hbond substituents is 1. The van der Waals surface area contributed by atoms with E-state index in [1.165, 1.54) is 24.3 Å². The molecule has 0 fully saturated rings. The summed E-state index contributed by atoms with van der Waals surface area (Å²) in [6.07, 6.45) is -3.47. The molecule has 0 saturated heterocycles. The predicted octanol–water partition coefficient (Wildman–Crippen LogP) is 0.154. The molecule has 7 atom stereocenters. The van der Waals surface area contributed by atoms with Crippen molar-refractivity contribution >= 4 is 77.1 Å². The number of alkyl carbamates (subject to hydrolysis) is 1. The third-order valence-corrected chi connectivity index (χ3v) is 13.1. The molecule has 0 aliphatic heterocycles. The standard InChI is InChI=1S/C59H81N11O17/c1-33(2)27-42(67-57(83)50(35(5)6)70-47(74)30-62-52(78)38-17-11-8-12-18-38)56(82)64-40(19-13-14-26-61-45(72)29-44(58(84)85)68-59(86)87-32-37-15-9-7-10-16-37)54(80)65-41(24-25-48(75)76)55(81)66-43(28-36-20-22-39(71)23-21-36)53(79)63-31-46(73)69-49(34(3)4)51(60)77/h7-12,15-18,20-23,33-35,40-44,49-50,71H,13-14,19,24-32H2,1-6H3,(H2,60,77)(H,61,72)(H,62,78)(H,63,79)(H,64,82)(H,65,80)(H,66,81)(H,67,83)(H,68,86)(H,69,73)(H,70,74)(H,75,76)(H,84,85)/t40-,41-,42-,43-,44-,49-,50-/m0/s1. The fraction of sp³-hybridized carbons (Fsp3) is 0.475. The van der Waals surface area contributed by atoms with Crippen LogP contribution in [0.3, 0.4) is 0 Å². The molecular weight excluding hydrogens is 1130 g/mol. The number of primary amides is 1. The molecule has 0 saturated carbocycles. The number of hydrogen-bond acceptors (Lipinski definition) is 15. The summed E-state index contributed by atoms with van der Waals surface area (Å²) in [5, 5.41) is 54.2. The van der Waals surface area contributed by atoms with Crippen LogP contribution in [0.25, 0.3) is 0 Å². The van der Waals surface area contributed by atoms with Gasteiger partial charge in [-0.2, -0.15) is 0 Å². The van der Waals surface area contributed by atoms with Gasteiger partial charge in [0.05, 0.1) is 19.5 Å². The van der Waals surface area contributed by atoms with Crippen molar-refractivity contribution in [2.45, 2.75) is 142 Å². The van der Waals surface area contributed by atoms with E-state index in [4.69, 9.17) is 10.5 Å². The van der Waals surface area contributed by atoms with Gasteiger partial charge in [-0.3, -0.25) is 52.7 Å². The van der Waals surface area contributed by atoms with E-state index < -0.39 is 164 Å². The normalized spacial score (nSPS) is 13.3. The molecule has 87 heavy (non-hydrogen) atoms. The van der Waals surface area contributed by atoms with Crippen LogP contribution in [0, 0.1) is 17.8 Å². The van der Waals surface area contributed by atoms with Crippen LogP contribution in [0.5, 0.6) is 5.75 Å². The summed E-state index contributed by atoms with van der Waals surface area (Å²) in [5.74, 6) is -12.7. The highest BCUT2D eigenvalue weighted by molar-refractivity contribution is 5.99. The lowest BCUT2D eigenvalue weighted by Crippen LogP contribution is -2.60. The highest BCUT2D eigenvalue weighted by Crippen LogP contribution is 2.14. The lowest BCUT2D eigenvalue weighted by molar-refractivity contribution is -0.141. The summed E-state index contributed by atoms with van der Waals surface area (Å²) in [4.78, 5) is 171. The summed E-state index contributed by atoms with van der Waals surface area (Å²) in [5.41, 5.74) is 6.74. The van der Waals surface area contributed by atoms with Crippen LogP contribution in [0.2, 0.25) is 0 Å². The zero-order valence-electron chi connectivity index (χ0n) is 49.5. The zero-order valence-corrected chi connectivity index (χ0v) is 49.5. The van der Waals surface area contributed by atoms with E-state index in [0.29, 0.717) is 16.7 Å². The first kappa shape index (κ1) is 71.6. The van der Waals surface area contributed by atoms with Crippen LogP contribution in [-0.4, -0.2) is 154 Å². The van der Waals surface area contributed by atoms with E-state index in [0.717, 1.165) is 0 Å². The first-order valence-corrected chi connectivity index (χ1v) is 28.3. The Morgan fingerprint density at radius 2 is 1.03 bits per heavy atom. The van der Waals surface area contributed by atoms with Crippen LogP contribution in [0.15, 0.2) is 84.9 Å². The molecule has 28 heteroatoms. The Bertz CT molecular complexity index is 2840. The highest BCUT2D eigenvalue weighted by Gasteiger charge is 2.35. The molecule has 0 unspecified atom stereocenters. The smallest absolute Gasteiger partial charge is 0.408 e. The molecule has 0 radical (unpaired) electrons. The van der Waals surface area contributed by atoms with E-state index >= 15 is 0 Å². The Labute approximate surface area is 503 Å². The van der Waals surface area contributed by atoms with Crippen LogP contribution >= 0.6 is 0 Å². The Morgan fingerprint density at radius 3 is 1.59 bits per heavy atom. The first-order chi connectivity index (χ1) is 41.1. The van der Waals surface area contributed by atoms with E-state index in [9.17, 15) is 77.6 Å². The number of hydrogen-bond donors (Lipinski definition) is 14. The minimum absolute atomic E-state index is 0.0139. The maximum atomic E-state index is 14.5. The molecule has 15 N–H and O–H groups in total. The van der Waals surface area contributed by atoms with Crippen LogP contribution in [-0.2, 0) is 70.5 Å². The number of nitrogens with one attached hydrogen (secondary N) is 10. The second-order valence-corrected chi connectivity index (χ2v) is 21.6. The van der Waals surface area contributed by atoms with Gasteiger partial charge in [-0.25, -0.2) is 9.59 Å². The third kappa shape index (κ3) is 27.3. The molecule has 0 aromatic heterocycles. The Hall–Kier alpha value is -9.63. The monoisotopic (exact) mass is 1220 g/mol. The topological polar surface area (TPSA) is 438 Å². The number of aromatic hydroxyl groups is 1. The Kier molecular flexibility index (Phi) is 30.4. The van der Waals surface area contributed by atoms with Crippen molar-refractivity contribution in [2.24, 2.45) is 23.5 Å². The number of carboxylic acids is 2. The van der Waals surface area contributed by atoms with Crippen molar-refractivity contribution in [3.05, 3.63) is 102 Å². The first-order valence-electron chi connectivity index (χ1n) is 28.3. The maximum absolute atomic E-state index is 14.5. The number of amides is 11. The minimum atomic E-state index is -1.72. The Balaban J connectivity index is 1.90. The molecule has 0 bridgehead atoms. The summed E-state index contributed by atoms with van der Waals surface area (Å²) in [7, 11) is 0. The molecule has 0 aliphatic carbocycles. The largest absolute Gasteiger partial charge is 0.508 e. The van der Waals surface area contributed by atoms with E-state index in [2.05, 4.69) is 53.2 Å². The van der Waals surface area contributed by atoms with E-state index in [-0.39, 0.29) is 56.9 Å². The average Bonchev–Trinajstić information content (AvgIpc) is 3.67. The molecule has 3 aromatic rings. The van der Waals surface area contributed by atoms with Gasteiger partial charge in [0.15, 0.2) is 0 Å². The number of ether oxygens (including phenoxy) is 1. The summed E-state index contributed by atoms with van der Waals surface area (Å²) >= 11 is 0. The molecular formula is C59H81N11O17.